The lowest BCUT2D eigenvalue weighted by atomic mass is 9.82. The van der Waals surface area contributed by atoms with E-state index in [4.69, 9.17) is 0 Å². The highest BCUT2D eigenvalue weighted by Crippen LogP contribution is 2.51. The molecule has 79 heavy (non-hydrogen) atoms. The van der Waals surface area contributed by atoms with Crippen LogP contribution in [0.25, 0.3) is 83.1 Å². The highest BCUT2D eigenvalue weighted by atomic mass is 15.1. The number of hydrogen-bond acceptors (Lipinski definition) is 1. The van der Waals surface area contributed by atoms with E-state index in [1.165, 1.54) is 175 Å². The molecule has 1 heterocycles. The standard InChI is InChI=1S/C77H74N2/c1-6-7-8-9-10-11-12-13-14-16-23-56-48-63(60-32-30-54(2)31-33-60)50-64(49-56)62-46-55(3)47-68(51-62)79-75-29-22-20-27-71(75)72-52-61(38-45-76(72)79)59-36-41-66(42-37-59)78(65-39-34-58(35-40-65)57-24-17-15-18-25-57)67-43-44-70-69-26-19-21-28-73(69)77(4,5)74(70)53-67/h15,17-22,24-53H,6-14,16,23H2,1-5H3. The topological polar surface area (TPSA) is 8.17 Å². The van der Waals surface area contributed by atoms with Gasteiger partial charge in [0.05, 0.1) is 11.0 Å². The Morgan fingerprint density at radius 1 is 0.354 bits per heavy atom. The summed E-state index contributed by atoms with van der Waals surface area (Å²) >= 11 is 0. The van der Waals surface area contributed by atoms with Gasteiger partial charge in [0.1, 0.15) is 0 Å². The van der Waals surface area contributed by atoms with Gasteiger partial charge in [-0.25, -0.2) is 0 Å². The van der Waals surface area contributed by atoms with E-state index in [0.717, 1.165) is 23.5 Å². The lowest BCUT2D eigenvalue weighted by Gasteiger charge is -2.28. The number of aryl methyl sites for hydroxylation is 3. The molecular formula is C77H74N2. The van der Waals surface area contributed by atoms with Crippen LogP contribution in [0, 0.1) is 13.8 Å². The van der Waals surface area contributed by atoms with Gasteiger partial charge >= 0.3 is 0 Å². The Balaban J connectivity index is 0.864. The van der Waals surface area contributed by atoms with Crippen molar-refractivity contribution in [1.82, 2.24) is 4.57 Å². The van der Waals surface area contributed by atoms with Gasteiger partial charge in [0.25, 0.3) is 0 Å². The van der Waals surface area contributed by atoms with E-state index in [1.807, 2.05) is 0 Å². The van der Waals surface area contributed by atoms with Gasteiger partial charge in [-0.1, -0.05) is 236 Å². The summed E-state index contributed by atoms with van der Waals surface area (Å²) in [6.45, 7) is 11.5. The van der Waals surface area contributed by atoms with Crippen molar-refractivity contribution < 1.29 is 0 Å². The predicted octanol–water partition coefficient (Wildman–Crippen LogP) is 22.3. The number of rotatable bonds is 19. The second-order valence-electron chi connectivity index (χ2n) is 23.1. The number of aromatic nitrogens is 1. The second-order valence-corrected chi connectivity index (χ2v) is 23.1. The maximum Gasteiger partial charge on any atom is 0.0541 e. The minimum Gasteiger partial charge on any atom is -0.310 e. The maximum atomic E-state index is 2.49. The van der Waals surface area contributed by atoms with Crippen molar-refractivity contribution in [3.63, 3.8) is 0 Å². The van der Waals surface area contributed by atoms with Gasteiger partial charge in [-0.15, -0.1) is 0 Å². The van der Waals surface area contributed by atoms with Gasteiger partial charge in [-0.2, -0.15) is 0 Å². The Kier molecular flexibility index (Phi) is 14.8. The predicted molar refractivity (Wildman–Crippen MR) is 340 cm³/mol. The highest BCUT2D eigenvalue weighted by molar-refractivity contribution is 6.10. The van der Waals surface area contributed by atoms with Crippen LogP contribution in [-0.2, 0) is 11.8 Å². The molecular weight excluding hydrogens is 953 g/mol. The van der Waals surface area contributed by atoms with E-state index in [0.29, 0.717) is 0 Å². The first kappa shape index (κ1) is 51.6. The summed E-state index contributed by atoms with van der Waals surface area (Å²) in [5.74, 6) is 0. The molecule has 1 aliphatic carbocycles. The molecule has 0 N–H and O–H groups in total. The first-order valence-corrected chi connectivity index (χ1v) is 29.4. The van der Waals surface area contributed by atoms with Gasteiger partial charge < -0.3 is 9.47 Å². The molecule has 0 radical (unpaired) electrons. The normalized spacial score (nSPS) is 12.5. The molecule has 2 nitrogen and oxygen atoms in total. The maximum absolute atomic E-state index is 2.49. The zero-order chi connectivity index (χ0) is 53.9. The number of unbranched alkanes of at least 4 members (excludes halogenated alkanes) is 9. The van der Waals surface area contributed by atoms with Crippen molar-refractivity contribution >= 4 is 38.9 Å². The molecule has 0 amide bonds. The lowest BCUT2D eigenvalue weighted by Crippen LogP contribution is -2.16. The Morgan fingerprint density at radius 3 is 1.61 bits per heavy atom. The summed E-state index contributed by atoms with van der Waals surface area (Å²) in [7, 11) is 0. The minimum absolute atomic E-state index is 0.109. The van der Waals surface area contributed by atoms with Crippen molar-refractivity contribution in [2.24, 2.45) is 0 Å². The second kappa shape index (κ2) is 22.6. The van der Waals surface area contributed by atoms with Crippen molar-refractivity contribution in [3.05, 3.63) is 252 Å². The third-order valence-electron chi connectivity index (χ3n) is 17.0. The Hall–Kier alpha value is -8.20. The fourth-order valence-corrected chi connectivity index (χ4v) is 12.7. The van der Waals surface area contributed by atoms with Crippen molar-refractivity contribution in [1.29, 1.82) is 0 Å². The van der Waals surface area contributed by atoms with Gasteiger partial charge in [0.2, 0.25) is 0 Å². The van der Waals surface area contributed by atoms with Gasteiger partial charge in [-0.3, -0.25) is 0 Å². The van der Waals surface area contributed by atoms with Crippen molar-refractivity contribution in [2.75, 3.05) is 4.90 Å². The zero-order valence-corrected chi connectivity index (χ0v) is 47.0. The summed E-state index contributed by atoms with van der Waals surface area (Å²) < 4.78 is 2.49. The summed E-state index contributed by atoms with van der Waals surface area (Å²) in [5.41, 5.74) is 26.2. The molecule has 1 aromatic heterocycles. The van der Waals surface area contributed by atoms with Crippen LogP contribution in [0.2, 0.25) is 0 Å². The van der Waals surface area contributed by atoms with E-state index in [2.05, 4.69) is 269 Å². The SMILES string of the molecule is CCCCCCCCCCCCc1cc(-c2ccc(C)cc2)cc(-c2cc(C)cc(-n3c4ccccc4c4cc(-c5ccc(N(c6ccc(-c7ccccc7)cc6)c6ccc7c(c6)C(C)(C)c6ccccc6-7)cc5)ccc43)c2)c1. The number of benzene rings is 10. The number of para-hydroxylation sites is 1. The zero-order valence-electron chi connectivity index (χ0n) is 47.0. The first-order valence-electron chi connectivity index (χ1n) is 29.4. The Bertz CT molecular complexity index is 3910. The van der Waals surface area contributed by atoms with E-state index >= 15 is 0 Å². The molecule has 0 unspecified atom stereocenters. The molecule has 0 bridgehead atoms. The van der Waals surface area contributed by atoms with E-state index in [9.17, 15) is 0 Å². The van der Waals surface area contributed by atoms with Gasteiger partial charge in [0.15, 0.2) is 0 Å². The molecule has 0 saturated heterocycles. The van der Waals surface area contributed by atoms with Crippen LogP contribution in [-0.4, -0.2) is 4.57 Å². The first-order chi connectivity index (χ1) is 38.7. The average Bonchev–Trinajstić information content (AvgIpc) is 4.19. The summed E-state index contributed by atoms with van der Waals surface area (Å²) in [6, 6.07) is 84.4. The highest BCUT2D eigenvalue weighted by Gasteiger charge is 2.36. The van der Waals surface area contributed by atoms with Gasteiger partial charge in [0, 0.05) is 38.9 Å². The average molecular weight is 1030 g/mol. The van der Waals surface area contributed by atoms with E-state index in [-0.39, 0.29) is 5.41 Å². The monoisotopic (exact) mass is 1030 g/mol. The van der Waals surface area contributed by atoms with Crippen molar-refractivity contribution in [3.8, 4) is 61.3 Å². The largest absolute Gasteiger partial charge is 0.310 e. The van der Waals surface area contributed by atoms with E-state index in [1.54, 1.807) is 0 Å². The number of hydrogen-bond donors (Lipinski definition) is 0. The van der Waals surface area contributed by atoms with Crippen LogP contribution in [0.15, 0.2) is 224 Å². The van der Waals surface area contributed by atoms with Crippen LogP contribution >= 0.6 is 0 Å². The van der Waals surface area contributed by atoms with Crippen LogP contribution < -0.4 is 4.90 Å². The summed E-state index contributed by atoms with van der Waals surface area (Å²) in [6.07, 6.45) is 14.6. The molecule has 0 fully saturated rings. The molecule has 10 aromatic carbocycles. The smallest absolute Gasteiger partial charge is 0.0541 e. The third-order valence-corrected chi connectivity index (χ3v) is 17.0. The number of anilines is 3. The molecule has 11 aromatic rings. The Labute approximate surface area is 470 Å². The molecule has 12 rings (SSSR count). The quantitative estimate of drug-likeness (QED) is 0.0733. The number of fused-ring (bicyclic) bond motifs is 6. The molecule has 0 aliphatic heterocycles. The molecule has 0 atom stereocenters. The molecule has 1 aliphatic rings. The van der Waals surface area contributed by atoms with Gasteiger partial charge in [-0.05, 0) is 177 Å². The molecule has 0 saturated carbocycles. The van der Waals surface area contributed by atoms with Crippen LogP contribution in [0.3, 0.4) is 0 Å². The fourth-order valence-electron chi connectivity index (χ4n) is 12.7. The van der Waals surface area contributed by atoms with Crippen LogP contribution in [0.1, 0.15) is 113 Å². The third kappa shape index (κ3) is 10.6. The molecule has 2 heteroatoms. The Morgan fingerprint density at radius 2 is 0.886 bits per heavy atom. The molecule has 0 spiro atoms. The summed E-state index contributed by atoms with van der Waals surface area (Å²) in [5, 5.41) is 2.51. The van der Waals surface area contributed by atoms with Crippen molar-refractivity contribution in [2.45, 2.75) is 111 Å². The summed E-state index contributed by atoms with van der Waals surface area (Å²) in [4.78, 5) is 2.42. The number of nitrogens with zero attached hydrogens (tertiary/aromatic N) is 2. The van der Waals surface area contributed by atoms with Crippen LogP contribution in [0.5, 0.6) is 0 Å². The van der Waals surface area contributed by atoms with Crippen LogP contribution in [0.4, 0.5) is 17.1 Å². The molecule has 392 valence electrons. The fraction of sp³-hybridized carbons (Fsp3) is 0.221. The van der Waals surface area contributed by atoms with E-state index < -0.39 is 0 Å². The lowest BCUT2D eigenvalue weighted by molar-refractivity contribution is 0.556. The minimum atomic E-state index is -0.109.